The zero-order valence-corrected chi connectivity index (χ0v) is 20.4. The molecule has 0 radical (unpaired) electrons. The van der Waals surface area contributed by atoms with Crippen molar-refractivity contribution in [2.45, 2.75) is 32.9 Å². The number of carbonyl (C=O) groups is 1. The van der Waals surface area contributed by atoms with Gasteiger partial charge in [0.15, 0.2) is 17.5 Å². The molecule has 10 heteroatoms. The third-order valence-corrected chi connectivity index (χ3v) is 3.63. The summed E-state index contributed by atoms with van der Waals surface area (Å²) in [4.78, 5) is 19.6. The number of guanidine groups is 1. The van der Waals surface area contributed by atoms with E-state index in [9.17, 15) is 9.18 Å². The molecule has 1 aromatic carbocycles. The first-order valence-corrected chi connectivity index (χ1v) is 9.54. The number of halogens is 2. The van der Waals surface area contributed by atoms with Crippen molar-refractivity contribution in [3.8, 4) is 11.5 Å². The number of nitrogens with zero attached hydrogens (tertiary/aromatic N) is 2. The van der Waals surface area contributed by atoms with Crippen LogP contribution in [0.1, 0.15) is 26.3 Å². The molecule has 0 atom stereocenters. The fraction of sp³-hybridized carbons (Fsp3) is 0.381. The Kier molecular flexibility index (Phi) is 11.0. The van der Waals surface area contributed by atoms with Gasteiger partial charge < -0.3 is 25.4 Å². The lowest BCUT2D eigenvalue weighted by atomic mass is 10.2. The molecular formula is C21H29FIN5O3. The van der Waals surface area contributed by atoms with Crippen LogP contribution in [0.25, 0.3) is 0 Å². The van der Waals surface area contributed by atoms with E-state index in [4.69, 9.17) is 9.47 Å². The molecule has 1 amide bonds. The third-order valence-electron chi connectivity index (χ3n) is 3.63. The van der Waals surface area contributed by atoms with Crippen LogP contribution in [0.15, 0.2) is 47.7 Å². The average Bonchev–Trinajstić information content (AvgIpc) is 2.69. The Morgan fingerprint density at radius 1 is 1.16 bits per heavy atom. The molecule has 170 valence electrons. The fourth-order valence-corrected chi connectivity index (χ4v) is 2.34. The van der Waals surface area contributed by atoms with Gasteiger partial charge in [-0.15, -0.1) is 24.0 Å². The van der Waals surface area contributed by atoms with E-state index in [0.29, 0.717) is 31.3 Å². The SMILES string of the molecule is CN=C(NCCNC(=O)OC(C)(C)C)NCc1ccc(Oc2cccnc2)c(F)c1.I. The first-order chi connectivity index (χ1) is 14.3. The van der Waals surface area contributed by atoms with Crippen LogP contribution in [0, 0.1) is 5.82 Å². The van der Waals surface area contributed by atoms with Crippen molar-refractivity contribution in [1.29, 1.82) is 0 Å². The fourth-order valence-electron chi connectivity index (χ4n) is 2.34. The lowest BCUT2D eigenvalue weighted by Gasteiger charge is -2.20. The van der Waals surface area contributed by atoms with E-state index in [-0.39, 0.29) is 29.7 Å². The molecule has 0 fully saturated rings. The van der Waals surface area contributed by atoms with Gasteiger partial charge in [-0.05, 0) is 50.6 Å². The number of benzene rings is 1. The van der Waals surface area contributed by atoms with Crippen LogP contribution in [0.5, 0.6) is 11.5 Å². The number of ether oxygens (including phenoxy) is 2. The molecule has 0 bridgehead atoms. The number of nitrogens with one attached hydrogen (secondary N) is 3. The molecule has 0 aliphatic heterocycles. The molecule has 3 N–H and O–H groups in total. The van der Waals surface area contributed by atoms with Crippen LogP contribution in [0.2, 0.25) is 0 Å². The minimum atomic E-state index is -0.539. The molecule has 2 rings (SSSR count). The highest BCUT2D eigenvalue weighted by molar-refractivity contribution is 14.0. The lowest BCUT2D eigenvalue weighted by molar-refractivity contribution is 0.0529. The Morgan fingerprint density at radius 3 is 2.52 bits per heavy atom. The van der Waals surface area contributed by atoms with Crippen LogP contribution >= 0.6 is 24.0 Å². The van der Waals surface area contributed by atoms with Crippen LogP contribution in [-0.4, -0.2) is 42.8 Å². The number of carbonyl (C=O) groups excluding carboxylic acids is 1. The molecule has 0 saturated carbocycles. The summed E-state index contributed by atoms with van der Waals surface area (Å²) in [6, 6.07) is 8.15. The summed E-state index contributed by atoms with van der Waals surface area (Å²) < 4.78 is 25.0. The van der Waals surface area contributed by atoms with Crippen molar-refractivity contribution in [3.63, 3.8) is 0 Å². The Balaban J connectivity index is 0.00000480. The summed E-state index contributed by atoms with van der Waals surface area (Å²) >= 11 is 0. The van der Waals surface area contributed by atoms with Gasteiger partial charge in [-0.1, -0.05) is 6.07 Å². The maximum atomic E-state index is 14.3. The molecule has 0 spiro atoms. The number of pyridine rings is 1. The number of hydrogen-bond donors (Lipinski definition) is 3. The molecule has 2 aromatic rings. The van der Waals surface area contributed by atoms with Crippen molar-refractivity contribution < 1.29 is 18.7 Å². The second-order valence-electron chi connectivity index (χ2n) is 7.34. The van der Waals surface area contributed by atoms with Gasteiger partial charge in [0.1, 0.15) is 11.4 Å². The molecule has 8 nitrogen and oxygen atoms in total. The number of amides is 1. The van der Waals surface area contributed by atoms with Crippen molar-refractivity contribution in [2.75, 3.05) is 20.1 Å². The molecule has 0 unspecified atom stereocenters. The van der Waals surface area contributed by atoms with E-state index in [1.807, 2.05) is 0 Å². The lowest BCUT2D eigenvalue weighted by Crippen LogP contribution is -2.42. The Bertz CT molecular complexity index is 860. The molecule has 1 aromatic heterocycles. The van der Waals surface area contributed by atoms with E-state index in [1.165, 1.54) is 12.3 Å². The van der Waals surface area contributed by atoms with Gasteiger partial charge in [0.25, 0.3) is 0 Å². The minimum Gasteiger partial charge on any atom is -0.453 e. The van der Waals surface area contributed by atoms with E-state index < -0.39 is 17.5 Å². The second kappa shape index (κ2) is 12.9. The Labute approximate surface area is 199 Å². The van der Waals surface area contributed by atoms with Gasteiger partial charge >= 0.3 is 6.09 Å². The minimum absolute atomic E-state index is 0. The van der Waals surface area contributed by atoms with Gasteiger partial charge in [0.05, 0.1) is 6.20 Å². The zero-order chi connectivity index (χ0) is 22.0. The van der Waals surface area contributed by atoms with Crippen LogP contribution < -0.4 is 20.7 Å². The highest BCUT2D eigenvalue weighted by atomic mass is 127. The van der Waals surface area contributed by atoms with Crippen LogP contribution in [0.4, 0.5) is 9.18 Å². The van der Waals surface area contributed by atoms with Crippen LogP contribution in [0.3, 0.4) is 0 Å². The number of aromatic nitrogens is 1. The summed E-state index contributed by atoms with van der Waals surface area (Å²) in [5, 5.41) is 8.80. The van der Waals surface area contributed by atoms with E-state index >= 15 is 0 Å². The van der Waals surface area contributed by atoms with Crippen molar-refractivity contribution in [3.05, 3.63) is 54.1 Å². The molecular weight excluding hydrogens is 516 g/mol. The van der Waals surface area contributed by atoms with Crippen molar-refractivity contribution >= 4 is 36.0 Å². The largest absolute Gasteiger partial charge is 0.453 e. The number of hydrogen-bond acceptors (Lipinski definition) is 5. The normalized spacial score (nSPS) is 11.2. The highest BCUT2D eigenvalue weighted by Crippen LogP contribution is 2.24. The summed E-state index contributed by atoms with van der Waals surface area (Å²) in [5.41, 5.74) is 0.184. The first kappa shape index (κ1) is 26.4. The smallest absolute Gasteiger partial charge is 0.407 e. The predicted octanol–water partition coefficient (Wildman–Crippen LogP) is 3.82. The molecule has 0 saturated heterocycles. The summed E-state index contributed by atoms with van der Waals surface area (Å²) in [5.74, 6) is 0.647. The van der Waals surface area contributed by atoms with Gasteiger partial charge in [0, 0.05) is 32.9 Å². The Hall–Kier alpha value is -2.63. The van der Waals surface area contributed by atoms with Crippen molar-refractivity contribution in [1.82, 2.24) is 20.9 Å². The molecule has 0 aliphatic carbocycles. The molecule has 1 heterocycles. The quantitative estimate of drug-likeness (QED) is 0.212. The maximum absolute atomic E-state index is 14.3. The number of alkyl carbamates (subject to hydrolysis) is 1. The number of rotatable bonds is 7. The zero-order valence-electron chi connectivity index (χ0n) is 18.1. The summed E-state index contributed by atoms with van der Waals surface area (Å²) in [7, 11) is 1.63. The third kappa shape index (κ3) is 10.3. The van der Waals surface area contributed by atoms with E-state index in [0.717, 1.165) is 5.56 Å². The Morgan fingerprint density at radius 2 is 1.90 bits per heavy atom. The van der Waals surface area contributed by atoms with Gasteiger partial charge in [-0.25, -0.2) is 9.18 Å². The maximum Gasteiger partial charge on any atom is 0.407 e. The van der Waals surface area contributed by atoms with Gasteiger partial charge in [0.2, 0.25) is 0 Å². The summed E-state index contributed by atoms with van der Waals surface area (Å²) in [6.45, 7) is 6.59. The predicted molar refractivity (Wildman–Crippen MR) is 129 cm³/mol. The monoisotopic (exact) mass is 545 g/mol. The van der Waals surface area contributed by atoms with Gasteiger partial charge in [-0.2, -0.15) is 0 Å². The second-order valence-corrected chi connectivity index (χ2v) is 7.34. The first-order valence-electron chi connectivity index (χ1n) is 9.54. The van der Waals surface area contributed by atoms with Crippen LogP contribution in [-0.2, 0) is 11.3 Å². The molecule has 0 aliphatic rings. The van der Waals surface area contributed by atoms with Gasteiger partial charge in [-0.3, -0.25) is 9.98 Å². The number of aliphatic imine (C=N–C) groups is 1. The van der Waals surface area contributed by atoms with Crippen molar-refractivity contribution in [2.24, 2.45) is 4.99 Å². The average molecular weight is 545 g/mol. The van der Waals surface area contributed by atoms with E-state index in [2.05, 4.69) is 25.9 Å². The topological polar surface area (TPSA) is 96.9 Å². The standard InChI is InChI=1S/C21H28FN5O3.HI/c1-21(2,3)30-20(28)26-11-10-25-19(23-4)27-13-15-7-8-18(17(22)12-15)29-16-6-5-9-24-14-16;/h5-9,12,14H,10-11,13H2,1-4H3,(H,26,28)(H2,23,25,27);1H. The highest BCUT2D eigenvalue weighted by Gasteiger charge is 2.15. The molecule has 31 heavy (non-hydrogen) atoms. The van der Waals surface area contributed by atoms with E-state index in [1.54, 1.807) is 58.3 Å². The summed E-state index contributed by atoms with van der Waals surface area (Å²) in [6.07, 6.45) is 2.66.